The fourth-order valence-corrected chi connectivity index (χ4v) is 5.95. The maximum Gasteiger partial charge on any atom is 0.320 e. The molecule has 0 unspecified atom stereocenters. The van der Waals surface area contributed by atoms with E-state index in [4.69, 9.17) is 28.9 Å². The van der Waals surface area contributed by atoms with Gasteiger partial charge in [0.05, 0.1) is 46.2 Å². The van der Waals surface area contributed by atoms with E-state index < -0.39 is 5.54 Å². The number of amides is 2. The maximum atomic E-state index is 13.1. The molecule has 0 saturated carbocycles. The molecule has 3 aromatic rings. The van der Waals surface area contributed by atoms with Gasteiger partial charge in [-0.1, -0.05) is 0 Å². The molecule has 12 nitrogen and oxygen atoms in total. The van der Waals surface area contributed by atoms with Crippen LogP contribution in [0.3, 0.4) is 0 Å². The highest BCUT2D eigenvalue weighted by Gasteiger charge is 2.20. The fraction of sp³-hybridized carbons (Fsp3) is 0.571. The van der Waals surface area contributed by atoms with Crippen LogP contribution in [0, 0.1) is 0 Å². The Morgan fingerprint density at radius 1 is 0.872 bits per heavy atom. The topological polar surface area (TPSA) is 114 Å². The summed E-state index contributed by atoms with van der Waals surface area (Å²) in [5, 5.41) is 6.87. The highest BCUT2D eigenvalue weighted by atomic mass is 16.5. The number of hydrogen-bond acceptors (Lipinski definition) is 10. The standard InChI is InChI=1S/C35H51N7O5/c1-35(2,3)39-34(43)38-33-30(26-20-28(44-4)23-29(21-26)45-5)22-27-25-36-32(24-31(27)37-33)42(10-6-8-40-12-16-46-17-13-40)11-7-9-41-14-18-47-19-15-41/h20-25H,6-19H2,1-5H3,(H2,37,38,39,43). The number of methoxy groups -OCH3 is 2. The summed E-state index contributed by atoms with van der Waals surface area (Å²) in [6.45, 7) is 16.8. The minimum atomic E-state index is -0.416. The van der Waals surface area contributed by atoms with Crippen molar-refractivity contribution < 1.29 is 23.7 Å². The summed E-state index contributed by atoms with van der Waals surface area (Å²) in [6.07, 6.45) is 3.94. The highest BCUT2D eigenvalue weighted by Crippen LogP contribution is 2.36. The van der Waals surface area contributed by atoms with Gasteiger partial charge in [-0.15, -0.1) is 0 Å². The van der Waals surface area contributed by atoms with Crippen LogP contribution in [0.4, 0.5) is 16.4 Å². The molecule has 1 aromatic carbocycles. The van der Waals surface area contributed by atoms with Crippen LogP contribution in [0.15, 0.2) is 36.5 Å². The molecule has 12 heteroatoms. The number of urea groups is 1. The fourth-order valence-electron chi connectivity index (χ4n) is 5.95. The van der Waals surface area contributed by atoms with E-state index in [2.05, 4.69) is 25.3 Å². The predicted octanol–water partition coefficient (Wildman–Crippen LogP) is 4.49. The lowest BCUT2D eigenvalue weighted by Gasteiger charge is -2.30. The number of pyridine rings is 2. The van der Waals surface area contributed by atoms with E-state index in [-0.39, 0.29) is 6.03 Å². The third-order valence-corrected chi connectivity index (χ3v) is 8.40. The Balaban J connectivity index is 1.44. The summed E-state index contributed by atoms with van der Waals surface area (Å²) >= 11 is 0. The average molecular weight is 650 g/mol. The third kappa shape index (κ3) is 10.1. The van der Waals surface area contributed by atoms with Crippen molar-refractivity contribution >= 4 is 28.6 Å². The molecule has 2 aromatic heterocycles. The van der Waals surface area contributed by atoms with Gasteiger partial charge in [0.15, 0.2) is 0 Å². The van der Waals surface area contributed by atoms with Crippen LogP contribution in [0.25, 0.3) is 22.0 Å². The van der Waals surface area contributed by atoms with Crippen LogP contribution in [0.1, 0.15) is 33.6 Å². The number of carbonyl (C=O) groups is 1. The van der Waals surface area contributed by atoms with E-state index >= 15 is 0 Å². The number of morpholine rings is 2. The number of hydrogen-bond donors (Lipinski definition) is 2. The van der Waals surface area contributed by atoms with Crippen LogP contribution >= 0.6 is 0 Å². The summed E-state index contributed by atoms with van der Waals surface area (Å²) in [5.41, 5.74) is 1.88. The number of benzene rings is 1. The van der Waals surface area contributed by atoms with Crippen molar-refractivity contribution in [2.24, 2.45) is 0 Å². The van der Waals surface area contributed by atoms with Gasteiger partial charge in [0, 0.05) is 87.2 Å². The van der Waals surface area contributed by atoms with E-state index in [1.807, 2.05) is 57.3 Å². The minimum absolute atomic E-state index is 0.331. The lowest BCUT2D eigenvalue weighted by molar-refractivity contribution is 0.0371. The molecule has 0 atom stereocenters. The van der Waals surface area contributed by atoms with Gasteiger partial charge in [0.2, 0.25) is 0 Å². The Bertz CT molecular complexity index is 1420. The van der Waals surface area contributed by atoms with E-state index in [9.17, 15) is 4.79 Å². The Morgan fingerprint density at radius 2 is 1.45 bits per heavy atom. The van der Waals surface area contributed by atoms with Crippen LogP contribution < -0.4 is 25.0 Å². The zero-order chi connectivity index (χ0) is 33.2. The molecule has 2 N–H and O–H groups in total. The molecule has 0 radical (unpaired) electrons. The van der Waals surface area contributed by atoms with Crippen molar-refractivity contribution in [2.75, 3.05) is 103 Å². The smallest absolute Gasteiger partial charge is 0.320 e. The second-order valence-corrected chi connectivity index (χ2v) is 13.2. The number of aromatic nitrogens is 2. The first kappa shape index (κ1) is 34.6. The van der Waals surface area contributed by atoms with Crippen LogP contribution in [0.2, 0.25) is 0 Å². The first-order chi connectivity index (χ1) is 22.7. The van der Waals surface area contributed by atoms with E-state index in [1.165, 1.54) is 0 Å². The first-order valence-electron chi connectivity index (χ1n) is 16.7. The second-order valence-electron chi connectivity index (χ2n) is 13.2. The number of ether oxygens (including phenoxy) is 4. The lowest BCUT2D eigenvalue weighted by atomic mass is 10.0. The van der Waals surface area contributed by atoms with E-state index in [0.717, 1.165) is 119 Å². The molecule has 0 bridgehead atoms. The molecule has 0 aliphatic carbocycles. The van der Waals surface area contributed by atoms with Crippen molar-refractivity contribution in [2.45, 2.75) is 39.2 Å². The Kier molecular flexibility index (Phi) is 12.1. The number of rotatable bonds is 13. The van der Waals surface area contributed by atoms with Crippen molar-refractivity contribution in [3.05, 3.63) is 36.5 Å². The normalized spacial score (nSPS) is 16.2. The van der Waals surface area contributed by atoms with Crippen molar-refractivity contribution in [3.8, 4) is 22.6 Å². The van der Waals surface area contributed by atoms with Crippen molar-refractivity contribution in [1.29, 1.82) is 0 Å². The number of nitrogens with one attached hydrogen (secondary N) is 2. The van der Waals surface area contributed by atoms with Gasteiger partial charge in [-0.25, -0.2) is 14.8 Å². The number of anilines is 2. The molecule has 47 heavy (non-hydrogen) atoms. The molecule has 5 rings (SSSR count). The van der Waals surface area contributed by atoms with Gasteiger partial charge in [-0.05, 0) is 57.4 Å². The van der Waals surface area contributed by atoms with Crippen LogP contribution in [-0.2, 0) is 9.47 Å². The molecule has 2 fully saturated rings. The molecule has 2 aliphatic heterocycles. The zero-order valence-corrected chi connectivity index (χ0v) is 28.6. The average Bonchev–Trinajstić information content (AvgIpc) is 3.07. The lowest BCUT2D eigenvalue weighted by Crippen LogP contribution is -2.43. The van der Waals surface area contributed by atoms with Gasteiger partial charge in [-0.3, -0.25) is 15.1 Å². The van der Waals surface area contributed by atoms with Gasteiger partial charge in [0.1, 0.15) is 23.1 Å². The molecule has 2 saturated heterocycles. The molecule has 2 amide bonds. The maximum absolute atomic E-state index is 13.1. The molecule has 2 aliphatic rings. The summed E-state index contributed by atoms with van der Waals surface area (Å²) < 4.78 is 22.2. The minimum Gasteiger partial charge on any atom is -0.497 e. The van der Waals surface area contributed by atoms with Gasteiger partial charge >= 0.3 is 6.03 Å². The number of carbonyl (C=O) groups excluding carboxylic acids is 1. The summed E-state index contributed by atoms with van der Waals surface area (Å²) in [5.74, 6) is 2.61. The summed E-state index contributed by atoms with van der Waals surface area (Å²) in [4.78, 5) is 30.4. The third-order valence-electron chi connectivity index (χ3n) is 8.40. The summed E-state index contributed by atoms with van der Waals surface area (Å²) in [6, 6.07) is 9.36. The highest BCUT2D eigenvalue weighted by molar-refractivity contribution is 5.97. The predicted molar refractivity (Wildman–Crippen MR) is 186 cm³/mol. The van der Waals surface area contributed by atoms with Crippen molar-refractivity contribution in [3.63, 3.8) is 0 Å². The van der Waals surface area contributed by atoms with Crippen molar-refractivity contribution in [1.82, 2.24) is 25.1 Å². The second kappa shape index (κ2) is 16.4. The number of fused-ring (bicyclic) bond motifs is 1. The van der Waals surface area contributed by atoms with E-state index in [1.54, 1.807) is 14.2 Å². The zero-order valence-electron chi connectivity index (χ0n) is 28.6. The van der Waals surface area contributed by atoms with Crippen LogP contribution in [0.5, 0.6) is 11.5 Å². The molecular weight excluding hydrogens is 598 g/mol. The Morgan fingerprint density at radius 3 is 1.98 bits per heavy atom. The molecule has 256 valence electrons. The summed E-state index contributed by atoms with van der Waals surface area (Å²) in [7, 11) is 3.23. The Hall–Kier alpha value is -3.71. The van der Waals surface area contributed by atoms with Gasteiger partial charge < -0.3 is 29.2 Å². The van der Waals surface area contributed by atoms with Crippen LogP contribution in [-0.4, -0.2) is 124 Å². The first-order valence-corrected chi connectivity index (χ1v) is 16.7. The van der Waals surface area contributed by atoms with Gasteiger partial charge in [-0.2, -0.15) is 0 Å². The van der Waals surface area contributed by atoms with Gasteiger partial charge in [0.25, 0.3) is 0 Å². The molecular formula is C35H51N7O5. The SMILES string of the molecule is COc1cc(OC)cc(-c2cc3cnc(N(CCCN4CCOCC4)CCCN4CCOCC4)cc3nc2NC(=O)NC(C)(C)C)c1. The monoisotopic (exact) mass is 649 g/mol. The molecule has 4 heterocycles. The number of nitrogens with zero attached hydrogens (tertiary/aromatic N) is 5. The molecule has 0 spiro atoms. The largest absolute Gasteiger partial charge is 0.497 e. The van der Waals surface area contributed by atoms with E-state index in [0.29, 0.717) is 17.3 Å². The quantitative estimate of drug-likeness (QED) is 0.275. The Labute approximate surface area is 278 Å².